The van der Waals surface area contributed by atoms with Gasteiger partial charge in [0.1, 0.15) is 18.4 Å². The number of tetrazole rings is 1. The number of nitrogens with one attached hydrogen (secondary N) is 3. The molecular weight excluding hydrogens is 488 g/mol. The number of ether oxygens (including phenoxy) is 2. The van der Waals surface area contributed by atoms with Gasteiger partial charge in [0.15, 0.2) is 5.82 Å². The van der Waals surface area contributed by atoms with Gasteiger partial charge >= 0.3 is 12.0 Å². The maximum absolute atomic E-state index is 13.0. The third kappa shape index (κ3) is 12.2. The van der Waals surface area contributed by atoms with Gasteiger partial charge in [0.25, 0.3) is 0 Å². The number of primary amides is 1. The van der Waals surface area contributed by atoms with Gasteiger partial charge in [-0.1, -0.05) is 13.8 Å². The van der Waals surface area contributed by atoms with E-state index < -0.39 is 47.5 Å². The van der Waals surface area contributed by atoms with Crippen LogP contribution in [0.15, 0.2) is 5.10 Å². The van der Waals surface area contributed by atoms with Gasteiger partial charge in [0.2, 0.25) is 11.8 Å². The van der Waals surface area contributed by atoms with Crippen molar-refractivity contribution in [1.29, 1.82) is 0 Å². The van der Waals surface area contributed by atoms with Crippen LogP contribution in [-0.2, 0) is 37.0 Å². The quantitative estimate of drug-likeness (QED) is 0.107. The Hall–Kier alpha value is -3.66. The second-order valence-corrected chi connectivity index (χ2v) is 9.55. The minimum absolute atomic E-state index is 0.155. The molecule has 1 heterocycles. The maximum atomic E-state index is 13.0. The third-order valence-electron chi connectivity index (χ3n) is 4.68. The highest BCUT2D eigenvalue weighted by Gasteiger charge is 2.29. The SMILES string of the molecule is COCn1nnnc1CC[C@H](N)C(=O)N[C@H](C(=O)N[C@H](/C=N/NC(N)=O)CC(=O)OC(C)(C)C)C(C)C. The third-order valence-corrected chi connectivity index (χ3v) is 4.68. The highest BCUT2D eigenvalue weighted by molar-refractivity contribution is 5.92. The van der Waals surface area contributed by atoms with E-state index in [0.717, 1.165) is 6.21 Å². The van der Waals surface area contributed by atoms with Gasteiger partial charge in [0, 0.05) is 19.7 Å². The van der Waals surface area contributed by atoms with Gasteiger partial charge < -0.3 is 31.6 Å². The second-order valence-electron chi connectivity index (χ2n) is 9.55. The van der Waals surface area contributed by atoms with Crippen LogP contribution in [0.3, 0.4) is 0 Å². The van der Waals surface area contributed by atoms with Crippen molar-refractivity contribution in [3.05, 3.63) is 5.82 Å². The van der Waals surface area contributed by atoms with Crippen molar-refractivity contribution in [1.82, 2.24) is 36.3 Å². The molecule has 0 saturated heterocycles. The van der Waals surface area contributed by atoms with Crippen LogP contribution in [0.1, 0.15) is 53.3 Å². The molecule has 16 nitrogen and oxygen atoms in total. The highest BCUT2D eigenvalue weighted by atomic mass is 16.6. The number of carbonyl (C=O) groups is 4. The molecule has 37 heavy (non-hydrogen) atoms. The van der Waals surface area contributed by atoms with Gasteiger partial charge in [-0.2, -0.15) is 5.10 Å². The fraction of sp³-hybridized carbons (Fsp3) is 0.714. The molecule has 3 atom stereocenters. The Morgan fingerprint density at radius 1 is 1.16 bits per heavy atom. The number of urea groups is 1. The van der Waals surface area contributed by atoms with Crippen LogP contribution in [0, 0.1) is 5.92 Å². The first-order chi connectivity index (χ1) is 17.2. The normalized spacial score (nSPS) is 14.2. The van der Waals surface area contributed by atoms with Crippen LogP contribution >= 0.6 is 0 Å². The van der Waals surface area contributed by atoms with Crippen LogP contribution < -0.4 is 27.5 Å². The predicted molar refractivity (Wildman–Crippen MR) is 131 cm³/mol. The van der Waals surface area contributed by atoms with E-state index >= 15 is 0 Å². The first kappa shape index (κ1) is 31.4. The van der Waals surface area contributed by atoms with E-state index in [4.69, 9.17) is 20.9 Å². The van der Waals surface area contributed by atoms with Crippen molar-refractivity contribution in [2.45, 2.75) is 84.3 Å². The van der Waals surface area contributed by atoms with Crippen LogP contribution in [-0.4, -0.2) is 81.1 Å². The van der Waals surface area contributed by atoms with Crippen molar-refractivity contribution >= 4 is 30.0 Å². The molecular formula is C21H38N10O6. The molecule has 0 fully saturated rings. The average Bonchev–Trinajstić information content (AvgIpc) is 3.20. The molecule has 1 aromatic rings. The zero-order chi connectivity index (χ0) is 28.2. The van der Waals surface area contributed by atoms with Crippen molar-refractivity contribution in [2.75, 3.05) is 7.11 Å². The second kappa shape index (κ2) is 14.8. The van der Waals surface area contributed by atoms with E-state index in [9.17, 15) is 19.2 Å². The Morgan fingerprint density at radius 3 is 2.41 bits per heavy atom. The summed E-state index contributed by atoms with van der Waals surface area (Å²) in [5.41, 5.74) is 12.3. The molecule has 0 bridgehead atoms. The number of carbonyl (C=O) groups excluding carboxylic acids is 4. The number of esters is 1. The lowest BCUT2D eigenvalue weighted by molar-refractivity contribution is -0.155. The van der Waals surface area contributed by atoms with E-state index in [2.05, 4.69) is 31.3 Å². The summed E-state index contributed by atoms with van der Waals surface area (Å²) in [6, 6.07) is -3.80. The largest absolute Gasteiger partial charge is 0.460 e. The van der Waals surface area contributed by atoms with Crippen LogP contribution in [0.5, 0.6) is 0 Å². The van der Waals surface area contributed by atoms with Gasteiger partial charge in [-0.3, -0.25) is 14.4 Å². The molecule has 0 saturated carbocycles. The number of rotatable bonds is 14. The molecule has 0 radical (unpaired) electrons. The Balaban J connectivity index is 2.84. The number of nitrogens with zero attached hydrogens (tertiary/aromatic N) is 5. The molecule has 4 amide bonds. The summed E-state index contributed by atoms with van der Waals surface area (Å²) in [5.74, 6) is -1.57. The standard InChI is InChI=1S/C21H38N10O6/c1-12(2)17(26-18(33)14(22)7-8-15-27-29-30-31(15)11-36-6)19(34)25-13(10-24-28-20(23)35)9-16(32)37-21(3,4)5/h10,12-14,17H,7-9,11,22H2,1-6H3,(H,25,34)(H,26,33)(H3,23,28,35)/b24-10+/t13-,14-,17-/m0/s1. The van der Waals surface area contributed by atoms with Gasteiger partial charge in [0.05, 0.1) is 18.5 Å². The molecule has 0 spiro atoms. The van der Waals surface area contributed by atoms with Crippen molar-refractivity contribution in [2.24, 2.45) is 22.5 Å². The molecule has 0 aromatic carbocycles. The molecule has 0 unspecified atom stereocenters. The summed E-state index contributed by atoms with van der Waals surface area (Å²) in [4.78, 5) is 49.0. The fourth-order valence-corrected chi connectivity index (χ4v) is 3.00. The predicted octanol–water partition coefficient (Wildman–Crippen LogP) is -1.45. The van der Waals surface area contributed by atoms with E-state index in [0.29, 0.717) is 12.2 Å². The van der Waals surface area contributed by atoms with E-state index in [1.54, 1.807) is 34.6 Å². The molecule has 1 rings (SSSR count). The first-order valence-electron chi connectivity index (χ1n) is 11.6. The number of hydrogen-bond acceptors (Lipinski definition) is 11. The van der Waals surface area contributed by atoms with Gasteiger partial charge in [-0.15, -0.1) is 5.10 Å². The van der Waals surface area contributed by atoms with Crippen LogP contribution in [0.25, 0.3) is 0 Å². The maximum Gasteiger partial charge on any atom is 0.332 e. The zero-order valence-electron chi connectivity index (χ0n) is 22.1. The molecule has 0 aliphatic heterocycles. The summed E-state index contributed by atoms with van der Waals surface area (Å²) >= 11 is 0. The van der Waals surface area contributed by atoms with Crippen molar-refractivity contribution < 1.29 is 28.7 Å². The number of aryl methyl sites for hydroxylation is 1. The minimum Gasteiger partial charge on any atom is -0.460 e. The average molecular weight is 527 g/mol. The number of nitrogens with two attached hydrogens (primary N) is 2. The lowest BCUT2D eigenvalue weighted by Gasteiger charge is -2.26. The number of methoxy groups -OCH3 is 1. The number of aromatic nitrogens is 4. The molecule has 1 aromatic heterocycles. The Morgan fingerprint density at radius 2 is 1.84 bits per heavy atom. The number of hydrazone groups is 1. The minimum atomic E-state index is -0.976. The Kier molecular flexibility index (Phi) is 12.5. The molecule has 0 aliphatic rings. The van der Waals surface area contributed by atoms with Gasteiger partial charge in [-0.25, -0.2) is 14.9 Å². The Bertz CT molecular complexity index is 942. The zero-order valence-corrected chi connectivity index (χ0v) is 22.1. The summed E-state index contributed by atoms with van der Waals surface area (Å²) < 4.78 is 11.7. The summed E-state index contributed by atoms with van der Waals surface area (Å²) in [6.07, 6.45) is 1.39. The molecule has 7 N–H and O–H groups in total. The summed E-state index contributed by atoms with van der Waals surface area (Å²) in [6.45, 7) is 8.73. The molecule has 208 valence electrons. The lowest BCUT2D eigenvalue weighted by Crippen LogP contribution is -2.55. The Labute approximate surface area is 215 Å². The fourth-order valence-electron chi connectivity index (χ4n) is 3.00. The van der Waals surface area contributed by atoms with Gasteiger partial charge in [-0.05, 0) is 43.5 Å². The van der Waals surface area contributed by atoms with E-state index in [1.165, 1.54) is 11.8 Å². The summed E-state index contributed by atoms with van der Waals surface area (Å²) in [7, 11) is 1.50. The van der Waals surface area contributed by atoms with E-state index in [1.807, 2.05) is 5.43 Å². The smallest absolute Gasteiger partial charge is 0.332 e. The topological polar surface area (TPSA) is 231 Å². The van der Waals surface area contributed by atoms with Crippen molar-refractivity contribution in [3.63, 3.8) is 0 Å². The lowest BCUT2D eigenvalue weighted by atomic mass is 10.0. The summed E-state index contributed by atoms with van der Waals surface area (Å²) in [5, 5.41) is 20.1. The number of amides is 4. The monoisotopic (exact) mass is 526 g/mol. The first-order valence-corrected chi connectivity index (χ1v) is 11.6. The highest BCUT2D eigenvalue weighted by Crippen LogP contribution is 2.10. The molecule has 0 aliphatic carbocycles. The van der Waals surface area contributed by atoms with Crippen LogP contribution in [0.4, 0.5) is 4.79 Å². The molecule has 16 heteroatoms. The van der Waals surface area contributed by atoms with Crippen LogP contribution in [0.2, 0.25) is 0 Å². The number of hydrogen-bond donors (Lipinski definition) is 5. The van der Waals surface area contributed by atoms with E-state index in [-0.39, 0.29) is 25.5 Å². The van der Waals surface area contributed by atoms with Crippen molar-refractivity contribution in [3.8, 4) is 0 Å².